The first-order chi connectivity index (χ1) is 7.36. The molecule has 3 heteroatoms. The highest BCUT2D eigenvalue weighted by Crippen LogP contribution is 2.37. The van der Waals surface area contributed by atoms with Gasteiger partial charge in [0.2, 0.25) is 0 Å². The SMILES string of the molecule is COc1c(SC)cccc1C1CCCN1. The Morgan fingerprint density at radius 1 is 1.47 bits per heavy atom. The maximum Gasteiger partial charge on any atom is 0.137 e. The lowest BCUT2D eigenvalue weighted by Crippen LogP contribution is -2.13. The molecule has 1 aliphatic heterocycles. The number of benzene rings is 1. The van der Waals surface area contributed by atoms with Crippen molar-refractivity contribution in [3.63, 3.8) is 0 Å². The summed E-state index contributed by atoms with van der Waals surface area (Å²) in [6.07, 6.45) is 4.56. The van der Waals surface area contributed by atoms with Crippen LogP contribution in [0.25, 0.3) is 0 Å². The number of rotatable bonds is 3. The van der Waals surface area contributed by atoms with Gasteiger partial charge in [0.25, 0.3) is 0 Å². The van der Waals surface area contributed by atoms with Crippen LogP contribution in [-0.4, -0.2) is 19.9 Å². The first-order valence-electron chi connectivity index (χ1n) is 5.31. The summed E-state index contributed by atoms with van der Waals surface area (Å²) in [5.74, 6) is 1.05. The zero-order valence-electron chi connectivity index (χ0n) is 9.25. The van der Waals surface area contributed by atoms with Gasteiger partial charge in [0, 0.05) is 16.5 Å². The quantitative estimate of drug-likeness (QED) is 0.796. The number of nitrogens with one attached hydrogen (secondary N) is 1. The molecule has 2 rings (SSSR count). The van der Waals surface area contributed by atoms with Crippen molar-refractivity contribution in [3.8, 4) is 5.75 Å². The molecule has 0 aromatic heterocycles. The average molecular weight is 223 g/mol. The number of para-hydroxylation sites is 1. The Kier molecular flexibility index (Phi) is 3.54. The molecule has 0 amide bonds. The van der Waals surface area contributed by atoms with Crippen molar-refractivity contribution < 1.29 is 4.74 Å². The van der Waals surface area contributed by atoms with Crippen LogP contribution in [0.3, 0.4) is 0 Å². The molecule has 0 spiro atoms. The zero-order chi connectivity index (χ0) is 10.7. The molecule has 0 saturated carbocycles. The van der Waals surface area contributed by atoms with Crippen LogP contribution >= 0.6 is 11.8 Å². The first kappa shape index (κ1) is 10.8. The van der Waals surface area contributed by atoms with Gasteiger partial charge >= 0.3 is 0 Å². The summed E-state index contributed by atoms with van der Waals surface area (Å²) in [6, 6.07) is 6.87. The molecule has 1 aliphatic rings. The smallest absolute Gasteiger partial charge is 0.137 e. The molecule has 0 radical (unpaired) electrons. The monoisotopic (exact) mass is 223 g/mol. The van der Waals surface area contributed by atoms with Crippen molar-refractivity contribution in [2.24, 2.45) is 0 Å². The van der Waals surface area contributed by atoms with Crippen LogP contribution in [0, 0.1) is 0 Å². The van der Waals surface area contributed by atoms with E-state index in [0.717, 1.165) is 12.3 Å². The number of ether oxygens (including phenoxy) is 1. The van der Waals surface area contributed by atoms with Gasteiger partial charge in [0.15, 0.2) is 0 Å². The Morgan fingerprint density at radius 3 is 2.93 bits per heavy atom. The van der Waals surface area contributed by atoms with Crippen molar-refractivity contribution in [1.82, 2.24) is 5.32 Å². The van der Waals surface area contributed by atoms with E-state index in [2.05, 4.69) is 29.8 Å². The number of hydrogen-bond acceptors (Lipinski definition) is 3. The Bertz CT molecular complexity index is 334. The van der Waals surface area contributed by atoms with Gasteiger partial charge in [-0.1, -0.05) is 12.1 Å². The topological polar surface area (TPSA) is 21.3 Å². The molecule has 82 valence electrons. The van der Waals surface area contributed by atoms with Crippen molar-refractivity contribution in [1.29, 1.82) is 0 Å². The number of methoxy groups -OCH3 is 1. The second-order valence-corrected chi connectivity index (χ2v) is 4.58. The van der Waals surface area contributed by atoms with E-state index < -0.39 is 0 Å². The third-order valence-electron chi connectivity index (χ3n) is 2.87. The van der Waals surface area contributed by atoms with Crippen molar-refractivity contribution in [3.05, 3.63) is 23.8 Å². The summed E-state index contributed by atoms with van der Waals surface area (Å²) in [7, 11) is 1.76. The van der Waals surface area contributed by atoms with E-state index in [0.29, 0.717) is 6.04 Å². The molecule has 1 aromatic rings. The van der Waals surface area contributed by atoms with Crippen LogP contribution in [0.15, 0.2) is 23.1 Å². The van der Waals surface area contributed by atoms with Crippen molar-refractivity contribution in [2.75, 3.05) is 19.9 Å². The maximum absolute atomic E-state index is 5.52. The van der Waals surface area contributed by atoms with E-state index in [1.54, 1.807) is 18.9 Å². The summed E-state index contributed by atoms with van der Waals surface area (Å²) >= 11 is 1.74. The molecule has 1 fully saturated rings. The summed E-state index contributed by atoms with van der Waals surface area (Å²) in [6.45, 7) is 1.12. The van der Waals surface area contributed by atoms with E-state index in [1.165, 1.54) is 23.3 Å². The summed E-state index contributed by atoms with van der Waals surface area (Å²) < 4.78 is 5.52. The lowest BCUT2D eigenvalue weighted by Gasteiger charge is -2.17. The van der Waals surface area contributed by atoms with Gasteiger partial charge in [-0.3, -0.25) is 0 Å². The molecular weight excluding hydrogens is 206 g/mol. The number of hydrogen-bond donors (Lipinski definition) is 1. The van der Waals surface area contributed by atoms with Crippen LogP contribution in [0.1, 0.15) is 24.4 Å². The van der Waals surface area contributed by atoms with Crippen LogP contribution in [-0.2, 0) is 0 Å². The van der Waals surface area contributed by atoms with Gasteiger partial charge in [-0.15, -0.1) is 11.8 Å². The molecule has 2 nitrogen and oxygen atoms in total. The largest absolute Gasteiger partial charge is 0.495 e. The molecule has 1 heterocycles. The Labute approximate surface area is 95.4 Å². The van der Waals surface area contributed by atoms with E-state index in [-0.39, 0.29) is 0 Å². The lowest BCUT2D eigenvalue weighted by atomic mass is 10.0. The highest BCUT2D eigenvalue weighted by molar-refractivity contribution is 7.98. The van der Waals surface area contributed by atoms with Gasteiger partial charge in [0.1, 0.15) is 5.75 Å². The van der Waals surface area contributed by atoms with Crippen LogP contribution in [0.4, 0.5) is 0 Å². The Hall–Kier alpha value is -0.670. The third kappa shape index (κ3) is 2.13. The summed E-state index contributed by atoms with van der Waals surface area (Å²) in [4.78, 5) is 1.23. The third-order valence-corrected chi connectivity index (χ3v) is 3.63. The maximum atomic E-state index is 5.52. The van der Waals surface area contributed by atoms with E-state index >= 15 is 0 Å². The van der Waals surface area contributed by atoms with E-state index in [1.807, 2.05) is 0 Å². The zero-order valence-corrected chi connectivity index (χ0v) is 10.1. The Balaban J connectivity index is 2.36. The fourth-order valence-electron chi connectivity index (χ4n) is 2.14. The Morgan fingerprint density at radius 2 is 2.33 bits per heavy atom. The fraction of sp³-hybridized carbons (Fsp3) is 0.500. The van der Waals surface area contributed by atoms with Gasteiger partial charge < -0.3 is 10.1 Å². The molecule has 0 aliphatic carbocycles. The normalized spacial score (nSPS) is 20.5. The molecule has 1 N–H and O–H groups in total. The molecule has 1 unspecified atom stereocenters. The van der Waals surface area contributed by atoms with Crippen LogP contribution in [0.5, 0.6) is 5.75 Å². The predicted octanol–water partition coefficient (Wildman–Crippen LogP) is 2.84. The lowest BCUT2D eigenvalue weighted by molar-refractivity contribution is 0.393. The van der Waals surface area contributed by atoms with Crippen LogP contribution < -0.4 is 10.1 Å². The van der Waals surface area contributed by atoms with Crippen molar-refractivity contribution >= 4 is 11.8 Å². The second kappa shape index (κ2) is 4.90. The fourth-order valence-corrected chi connectivity index (χ4v) is 2.74. The van der Waals surface area contributed by atoms with E-state index in [4.69, 9.17) is 4.74 Å². The second-order valence-electron chi connectivity index (χ2n) is 3.73. The summed E-state index contributed by atoms with van der Waals surface area (Å²) in [5.41, 5.74) is 1.31. The predicted molar refractivity (Wildman–Crippen MR) is 64.8 cm³/mol. The molecule has 1 aromatic carbocycles. The molecule has 1 atom stereocenters. The van der Waals surface area contributed by atoms with Crippen molar-refractivity contribution in [2.45, 2.75) is 23.8 Å². The molecule has 1 saturated heterocycles. The van der Waals surface area contributed by atoms with Gasteiger partial charge in [-0.2, -0.15) is 0 Å². The first-order valence-corrected chi connectivity index (χ1v) is 6.53. The number of thioether (sulfide) groups is 1. The van der Waals surface area contributed by atoms with Gasteiger partial charge in [-0.05, 0) is 31.7 Å². The van der Waals surface area contributed by atoms with Gasteiger partial charge in [0.05, 0.1) is 7.11 Å². The minimum absolute atomic E-state index is 0.479. The van der Waals surface area contributed by atoms with E-state index in [9.17, 15) is 0 Å². The highest BCUT2D eigenvalue weighted by atomic mass is 32.2. The molecular formula is C12H17NOS. The average Bonchev–Trinajstić information content (AvgIpc) is 2.81. The van der Waals surface area contributed by atoms with Crippen LogP contribution in [0.2, 0.25) is 0 Å². The minimum atomic E-state index is 0.479. The van der Waals surface area contributed by atoms with Gasteiger partial charge in [-0.25, -0.2) is 0 Å². The molecule has 15 heavy (non-hydrogen) atoms. The standard InChI is InChI=1S/C12H17NOS/c1-14-12-9(10-6-4-8-13-10)5-3-7-11(12)15-2/h3,5,7,10,13H,4,6,8H2,1-2H3. The molecule has 0 bridgehead atoms. The minimum Gasteiger partial charge on any atom is -0.495 e. The summed E-state index contributed by atoms with van der Waals surface area (Å²) in [5, 5.41) is 3.51. The highest BCUT2D eigenvalue weighted by Gasteiger charge is 2.20.